The fourth-order valence-corrected chi connectivity index (χ4v) is 4.31. The van der Waals surface area contributed by atoms with Gasteiger partial charge in [-0.25, -0.2) is 4.90 Å². The molecule has 0 aromatic carbocycles. The van der Waals surface area contributed by atoms with Crippen molar-refractivity contribution in [1.29, 1.82) is 0 Å². The summed E-state index contributed by atoms with van der Waals surface area (Å²) in [6, 6.07) is -0.199. The zero-order valence-electron chi connectivity index (χ0n) is 12.9. The van der Waals surface area contributed by atoms with Crippen LogP contribution in [0.15, 0.2) is 5.18 Å². The first kappa shape index (κ1) is 14.9. The monoisotopic (exact) mass is 294 g/mol. The van der Waals surface area contributed by atoms with Crippen LogP contribution in [0, 0.1) is 10.8 Å². The number of hydrogen-bond donors (Lipinski definition) is 1. The molecule has 0 bridgehead atoms. The molecule has 1 fully saturated rings. The van der Waals surface area contributed by atoms with E-state index >= 15 is 0 Å². The van der Waals surface area contributed by atoms with Crippen LogP contribution in [0.25, 0.3) is 0 Å². The smallest absolute Gasteiger partial charge is 0.248 e. The lowest BCUT2D eigenvalue weighted by molar-refractivity contribution is -0.540. The van der Waals surface area contributed by atoms with Crippen LogP contribution in [0.4, 0.5) is 0 Å². The summed E-state index contributed by atoms with van der Waals surface area (Å²) >= 11 is 0. The predicted octanol–water partition coefficient (Wildman–Crippen LogP) is 2.32. The highest BCUT2D eigenvalue weighted by Crippen LogP contribution is 2.32. The Labute approximate surface area is 127 Å². The number of nitroso groups, excluding NO2 is 1. The van der Waals surface area contributed by atoms with E-state index in [1.54, 1.807) is 0 Å². The Hall–Kier alpha value is -0.970. The van der Waals surface area contributed by atoms with E-state index in [-0.39, 0.29) is 12.0 Å². The van der Waals surface area contributed by atoms with Gasteiger partial charge in [-0.3, -0.25) is 4.58 Å². The van der Waals surface area contributed by atoms with E-state index in [0.717, 1.165) is 58.2 Å². The van der Waals surface area contributed by atoms with Crippen molar-refractivity contribution in [1.82, 2.24) is 4.90 Å². The second-order valence-corrected chi connectivity index (χ2v) is 6.80. The first-order chi connectivity index (χ1) is 10.3. The SMILES string of the molecule is O=NC1CCCCC1C(O)N1CCC[N+]2=C1CCCCC2. The minimum atomic E-state index is -0.524. The molecule has 3 unspecified atom stereocenters. The lowest BCUT2D eigenvalue weighted by atomic mass is 9.83. The van der Waals surface area contributed by atoms with Gasteiger partial charge in [-0.1, -0.05) is 18.0 Å². The molecule has 21 heavy (non-hydrogen) atoms. The van der Waals surface area contributed by atoms with E-state index in [4.69, 9.17) is 0 Å². The zero-order valence-corrected chi connectivity index (χ0v) is 12.9. The summed E-state index contributed by atoms with van der Waals surface area (Å²) < 4.78 is 2.46. The first-order valence-corrected chi connectivity index (χ1v) is 8.69. The highest BCUT2D eigenvalue weighted by atomic mass is 16.3. The van der Waals surface area contributed by atoms with Crippen molar-refractivity contribution in [3.05, 3.63) is 4.91 Å². The van der Waals surface area contributed by atoms with Crippen LogP contribution in [0.5, 0.6) is 0 Å². The van der Waals surface area contributed by atoms with Crippen molar-refractivity contribution in [2.75, 3.05) is 19.6 Å². The molecule has 118 valence electrons. The predicted molar refractivity (Wildman–Crippen MR) is 82.3 cm³/mol. The molecule has 2 heterocycles. The molecule has 0 aromatic heterocycles. The van der Waals surface area contributed by atoms with Gasteiger partial charge in [-0.15, -0.1) is 0 Å². The Balaban J connectivity index is 1.78. The molecule has 2 aliphatic heterocycles. The van der Waals surface area contributed by atoms with Crippen molar-refractivity contribution < 1.29 is 9.68 Å². The van der Waals surface area contributed by atoms with Crippen molar-refractivity contribution in [2.45, 2.75) is 70.1 Å². The standard InChI is InChI=1S/C16H28N3O2/c20-16(13-7-3-4-8-14(13)17-21)19-12-6-11-18-10-5-1-2-9-15(18)19/h13-14,16,20H,1-12H2/q+1. The molecule has 0 aromatic rings. The number of aliphatic hydroxyl groups is 1. The second kappa shape index (κ2) is 6.86. The van der Waals surface area contributed by atoms with Gasteiger partial charge in [-0.2, -0.15) is 4.91 Å². The van der Waals surface area contributed by atoms with Gasteiger partial charge in [0.1, 0.15) is 6.04 Å². The summed E-state index contributed by atoms with van der Waals surface area (Å²) in [4.78, 5) is 13.3. The molecule has 3 aliphatic rings. The molecule has 5 nitrogen and oxygen atoms in total. The Bertz CT molecular complexity index is 410. The van der Waals surface area contributed by atoms with Crippen LogP contribution < -0.4 is 0 Å². The third kappa shape index (κ3) is 3.12. The average Bonchev–Trinajstić information content (AvgIpc) is 2.79. The molecule has 3 rings (SSSR count). The Kier molecular flexibility index (Phi) is 4.88. The summed E-state index contributed by atoms with van der Waals surface area (Å²) in [5.41, 5.74) is 0. The zero-order chi connectivity index (χ0) is 14.7. The largest absolute Gasteiger partial charge is 0.355 e. The van der Waals surface area contributed by atoms with Crippen molar-refractivity contribution in [2.24, 2.45) is 11.1 Å². The molecule has 0 amide bonds. The van der Waals surface area contributed by atoms with E-state index in [9.17, 15) is 10.0 Å². The lowest BCUT2D eigenvalue weighted by Gasteiger charge is -2.36. The first-order valence-electron chi connectivity index (χ1n) is 8.69. The molecule has 0 radical (unpaired) electrons. The molecule has 0 saturated heterocycles. The van der Waals surface area contributed by atoms with Gasteiger partial charge in [0.2, 0.25) is 5.84 Å². The van der Waals surface area contributed by atoms with Crippen molar-refractivity contribution >= 4 is 5.84 Å². The van der Waals surface area contributed by atoms with Crippen LogP contribution in [0.1, 0.15) is 57.8 Å². The maximum atomic E-state index is 11.1. The fourth-order valence-electron chi connectivity index (χ4n) is 4.31. The number of rotatable bonds is 3. The molecule has 0 spiro atoms. The average molecular weight is 294 g/mol. The van der Waals surface area contributed by atoms with E-state index in [2.05, 4.69) is 14.7 Å². The van der Waals surface area contributed by atoms with Crippen LogP contribution in [-0.4, -0.2) is 52.3 Å². The maximum Gasteiger partial charge on any atom is 0.248 e. The number of amidine groups is 1. The Morgan fingerprint density at radius 2 is 1.90 bits per heavy atom. The van der Waals surface area contributed by atoms with Gasteiger partial charge in [0, 0.05) is 12.8 Å². The maximum absolute atomic E-state index is 11.1. The van der Waals surface area contributed by atoms with Crippen molar-refractivity contribution in [3.8, 4) is 0 Å². The molecule has 1 aliphatic carbocycles. The van der Waals surface area contributed by atoms with Gasteiger partial charge in [0.15, 0.2) is 6.23 Å². The van der Waals surface area contributed by atoms with E-state index in [0.29, 0.717) is 0 Å². The highest BCUT2D eigenvalue weighted by Gasteiger charge is 2.41. The quantitative estimate of drug-likeness (QED) is 0.642. The highest BCUT2D eigenvalue weighted by molar-refractivity contribution is 5.78. The normalized spacial score (nSPS) is 32.3. The molecule has 1 N–H and O–H groups in total. The fraction of sp³-hybridized carbons (Fsp3) is 0.938. The minimum absolute atomic E-state index is 0.0203. The summed E-state index contributed by atoms with van der Waals surface area (Å²) in [5.74, 6) is 1.34. The number of nitrogens with zero attached hydrogens (tertiary/aromatic N) is 3. The Morgan fingerprint density at radius 1 is 1.10 bits per heavy atom. The lowest BCUT2D eigenvalue weighted by Crippen LogP contribution is -2.53. The summed E-state index contributed by atoms with van der Waals surface area (Å²) in [6.07, 6.45) is 9.37. The second-order valence-electron chi connectivity index (χ2n) is 6.80. The van der Waals surface area contributed by atoms with Gasteiger partial charge < -0.3 is 5.11 Å². The van der Waals surface area contributed by atoms with Crippen molar-refractivity contribution in [3.63, 3.8) is 0 Å². The molecule has 3 atom stereocenters. The molecule has 5 heteroatoms. The topological polar surface area (TPSA) is 55.9 Å². The van der Waals surface area contributed by atoms with Crippen LogP contribution >= 0.6 is 0 Å². The number of hydrogen-bond acceptors (Lipinski definition) is 4. The van der Waals surface area contributed by atoms with Gasteiger partial charge >= 0.3 is 0 Å². The van der Waals surface area contributed by atoms with E-state index < -0.39 is 6.23 Å². The molecule has 1 saturated carbocycles. The third-order valence-corrected chi connectivity index (χ3v) is 5.47. The van der Waals surface area contributed by atoms with E-state index in [1.165, 1.54) is 25.1 Å². The molecular weight excluding hydrogens is 266 g/mol. The van der Waals surface area contributed by atoms with Crippen LogP contribution in [-0.2, 0) is 0 Å². The van der Waals surface area contributed by atoms with E-state index in [1.807, 2.05) is 0 Å². The van der Waals surface area contributed by atoms with Crippen LogP contribution in [0.2, 0.25) is 0 Å². The Morgan fingerprint density at radius 3 is 2.76 bits per heavy atom. The third-order valence-electron chi connectivity index (χ3n) is 5.47. The summed E-state index contributed by atoms with van der Waals surface area (Å²) in [5, 5.41) is 14.2. The van der Waals surface area contributed by atoms with Crippen LogP contribution in [0.3, 0.4) is 0 Å². The summed E-state index contributed by atoms with van der Waals surface area (Å²) in [7, 11) is 0. The van der Waals surface area contributed by atoms with Gasteiger partial charge in [-0.05, 0) is 32.1 Å². The summed E-state index contributed by atoms with van der Waals surface area (Å²) in [6.45, 7) is 3.17. The molecular formula is C16H28N3O2+. The number of aliphatic hydroxyl groups excluding tert-OH is 1. The minimum Gasteiger partial charge on any atom is -0.355 e. The van der Waals surface area contributed by atoms with Gasteiger partial charge in [0.25, 0.3) is 0 Å². The van der Waals surface area contributed by atoms with Gasteiger partial charge in [0.05, 0.1) is 25.6 Å².